The van der Waals surface area contributed by atoms with Crippen molar-refractivity contribution < 1.29 is 4.21 Å². The zero-order valence-corrected chi connectivity index (χ0v) is 10.2. The molecule has 0 amide bonds. The SMILES string of the molecule is CSCCS(=O)c1ccc(N)c(Cl)c1. The zero-order chi connectivity index (χ0) is 10.6. The number of rotatable bonds is 4. The molecule has 0 bridgehead atoms. The van der Waals surface area contributed by atoms with Gasteiger partial charge in [0, 0.05) is 16.4 Å². The summed E-state index contributed by atoms with van der Waals surface area (Å²) in [5, 5.41) is 0.472. The molecule has 0 aliphatic rings. The van der Waals surface area contributed by atoms with Gasteiger partial charge in [-0.05, 0) is 24.5 Å². The number of hydrogen-bond donors (Lipinski definition) is 1. The van der Waals surface area contributed by atoms with Gasteiger partial charge in [-0.1, -0.05) is 11.6 Å². The van der Waals surface area contributed by atoms with Crippen molar-refractivity contribution in [1.29, 1.82) is 0 Å². The summed E-state index contributed by atoms with van der Waals surface area (Å²) >= 11 is 7.51. The van der Waals surface area contributed by atoms with Crippen molar-refractivity contribution in [3.8, 4) is 0 Å². The van der Waals surface area contributed by atoms with Gasteiger partial charge in [-0.2, -0.15) is 11.8 Å². The van der Waals surface area contributed by atoms with Crippen molar-refractivity contribution in [2.75, 3.05) is 23.5 Å². The molecule has 5 heteroatoms. The number of anilines is 1. The van der Waals surface area contributed by atoms with E-state index >= 15 is 0 Å². The number of thioether (sulfide) groups is 1. The standard InChI is InChI=1S/C9H12ClNOS2/c1-13-4-5-14(12)7-2-3-9(11)8(10)6-7/h2-3,6H,4-5,11H2,1H3. The summed E-state index contributed by atoms with van der Waals surface area (Å²) in [6.07, 6.45) is 1.99. The highest BCUT2D eigenvalue weighted by Crippen LogP contribution is 2.21. The second kappa shape index (κ2) is 5.63. The second-order valence-corrected chi connectivity index (χ2v) is 5.69. The molecule has 0 fully saturated rings. The molecule has 1 unspecified atom stereocenters. The molecule has 0 aromatic heterocycles. The molecule has 0 spiro atoms. The van der Waals surface area contributed by atoms with E-state index in [4.69, 9.17) is 17.3 Å². The van der Waals surface area contributed by atoms with Crippen molar-refractivity contribution in [2.24, 2.45) is 0 Å². The highest BCUT2D eigenvalue weighted by molar-refractivity contribution is 7.99. The zero-order valence-electron chi connectivity index (χ0n) is 7.83. The first-order valence-corrected chi connectivity index (χ1v) is 7.16. The summed E-state index contributed by atoms with van der Waals surface area (Å²) in [5.74, 6) is 1.54. The summed E-state index contributed by atoms with van der Waals surface area (Å²) in [6.45, 7) is 0. The molecule has 0 radical (unpaired) electrons. The predicted octanol–water partition coefficient (Wildman–Crippen LogP) is 2.39. The lowest BCUT2D eigenvalue weighted by Crippen LogP contribution is -2.00. The molecule has 1 aromatic carbocycles. The molecule has 1 rings (SSSR count). The molecule has 78 valence electrons. The van der Waals surface area contributed by atoms with Crippen LogP contribution in [0.3, 0.4) is 0 Å². The van der Waals surface area contributed by atoms with Gasteiger partial charge >= 0.3 is 0 Å². The minimum Gasteiger partial charge on any atom is -0.398 e. The van der Waals surface area contributed by atoms with Crippen LogP contribution in [-0.2, 0) is 10.8 Å². The topological polar surface area (TPSA) is 43.1 Å². The molecule has 2 nitrogen and oxygen atoms in total. The Morgan fingerprint density at radius 2 is 2.29 bits per heavy atom. The fraction of sp³-hybridized carbons (Fsp3) is 0.333. The van der Waals surface area contributed by atoms with Gasteiger partial charge in [0.1, 0.15) is 0 Å². The van der Waals surface area contributed by atoms with Crippen LogP contribution in [0.5, 0.6) is 0 Å². The van der Waals surface area contributed by atoms with E-state index in [9.17, 15) is 4.21 Å². The molecular weight excluding hydrogens is 238 g/mol. The van der Waals surface area contributed by atoms with E-state index < -0.39 is 10.8 Å². The molecule has 0 aliphatic heterocycles. The van der Waals surface area contributed by atoms with E-state index in [1.54, 1.807) is 30.0 Å². The van der Waals surface area contributed by atoms with Gasteiger partial charge < -0.3 is 5.73 Å². The lowest BCUT2D eigenvalue weighted by molar-refractivity contribution is 0.684. The lowest BCUT2D eigenvalue weighted by atomic mass is 10.3. The summed E-state index contributed by atoms with van der Waals surface area (Å²) in [6, 6.07) is 5.12. The molecule has 0 heterocycles. The lowest BCUT2D eigenvalue weighted by Gasteiger charge is -2.03. The number of hydrogen-bond acceptors (Lipinski definition) is 3. The summed E-state index contributed by atoms with van der Waals surface area (Å²) in [5.41, 5.74) is 6.08. The Bertz CT molecular complexity index is 344. The van der Waals surface area contributed by atoms with E-state index in [0.29, 0.717) is 16.5 Å². The minimum atomic E-state index is -0.963. The molecule has 1 aromatic rings. The maximum absolute atomic E-state index is 11.7. The third kappa shape index (κ3) is 3.19. The molecule has 2 N–H and O–H groups in total. The van der Waals surface area contributed by atoms with Crippen LogP contribution in [0, 0.1) is 0 Å². The first-order valence-electron chi connectivity index (χ1n) is 4.07. The van der Waals surface area contributed by atoms with E-state index in [1.165, 1.54) is 0 Å². The molecule has 0 saturated carbocycles. The molecular formula is C9H12ClNOS2. The van der Waals surface area contributed by atoms with Crippen molar-refractivity contribution in [3.05, 3.63) is 23.2 Å². The molecule has 0 aliphatic carbocycles. The fourth-order valence-corrected chi connectivity index (χ4v) is 3.15. The first-order chi connectivity index (χ1) is 6.65. The normalized spacial score (nSPS) is 12.7. The van der Waals surface area contributed by atoms with Gasteiger partial charge in [-0.25, -0.2) is 0 Å². The van der Waals surface area contributed by atoms with Crippen LogP contribution in [0.25, 0.3) is 0 Å². The van der Waals surface area contributed by atoms with Crippen molar-refractivity contribution >= 4 is 39.8 Å². The highest BCUT2D eigenvalue weighted by atomic mass is 35.5. The van der Waals surface area contributed by atoms with Gasteiger partial charge in [0.25, 0.3) is 0 Å². The van der Waals surface area contributed by atoms with E-state index in [-0.39, 0.29) is 0 Å². The third-order valence-electron chi connectivity index (χ3n) is 1.71. The first kappa shape index (κ1) is 11.9. The largest absolute Gasteiger partial charge is 0.398 e. The Kier molecular flexibility index (Phi) is 4.78. The quantitative estimate of drug-likeness (QED) is 0.834. The van der Waals surface area contributed by atoms with Gasteiger partial charge in [0.05, 0.1) is 21.5 Å². The van der Waals surface area contributed by atoms with Gasteiger partial charge in [-0.15, -0.1) is 0 Å². The fourth-order valence-electron chi connectivity index (χ4n) is 0.926. The van der Waals surface area contributed by atoms with Crippen LogP contribution in [0.2, 0.25) is 5.02 Å². The average molecular weight is 250 g/mol. The Hall–Kier alpha value is -0.190. The predicted molar refractivity (Wildman–Crippen MR) is 65.5 cm³/mol. The van der Waals surface area contributed by atoms with Crippen molar-refractivity contribution in [2.45, 2.75) is 4.90 Å². The second-order valence-electron chi connectivity index (χ2n) is 2.73. The Balaban J connectivity index is 2.76. The third-order valence-corrected chi connectivity index (χ3v) is 4.26. The Labute approximate surface area is 95.7 Å². The summed E-state index contributed by atoms with van der Waals surface area (Å²) < 4.78 is 11.7. The Morgan fingerprint density at radius 1 is 1.57 bits per heavy atom. The summed E-state index contributed by atoms with van der Waals surface area (Å²) in [7, 11) is -0.963. The number of benzene rings is 1. The van der Waals surface area contributed by atoms with E-state index in [2.05, 4.69) is 0 Å². The van der Waals surface area contributed by atoms with Crippen LogP contribution < -0.4 is 5.73 Å². The van der Waals surface area contributed by atoms with Gasteiger partial charge in [0.15, 0.2) is 0 Å². The molecule has 14 heavy (non-hydrogen) atoms. The van der Waals surface area contributed by atoms with Crippen molar-refractivity contribution in [3.63, 3.8) is 0 Å². The van der Waals surface area contributed by atoms with E-state index in [1.807, 2.05) is 6.26 Å². The maximum Gasteiger partial charge on any atom is 0.0647 e. The highest BCUT2D eigenvalue weighted by Gasteiger charge is 2.05. The van der Waals surface area contributed by atoms with Crippen LogP contribution in [0.15, 0.2) is 23.1 Å². The minimum absolute atomic E-state index is 0.472. The Morgan fingerprint density at radius 3 is 2.86 bits per heavy atom. The monoisotopic (exact) mass is 249 g/mol. The maximum atomic E-state index is 11.7. The van der Waals surface area contributed by atoms with Crippen LogP contribution in [0.1, 0.15) is 0 Å². The molecule has 0 saturated heterocycles. The number of nitrogen functional groups attached to an aromatic ring is 1. The van der Waals surface area contributed by atoms with Gasteiger partial charge in [0.2, 0.25) is 0 Å². The number of nitrogens with two attached hydrogens (primary N) is 1. The van der Waals surface area contributed by atoms with Crippen LogP contribution in [0.4, 0.5) is 5.69 Å². The smallest absolute Gasteiger partial charge is 0.0647 e. The van der Waals surface area contributed by atoms with Crippen molar-refractivity contribution in [1.82, 2.24) is 0 Å². The van der Waals surface area contributed by atoms with Crippen LogP contribution in [-0.4, -0.2) is 22.0 Å². The molecule has 1 atom stereocenters. The summed E-state index contributed by atoms with van der Waals surface area (Å²) in [4.78, 5) is 0.748. The van der Waals surface area contributed by atoms with E-state index in [0.717, 1.165) is 10.6 Å². The van der Waals surface area contributed by atoms with Gasteiger partial charge in [-0.3, -0.25) is 4.21 Å². The number of halogens is 1. The van der Waals surface area contributed by atoms with Crippen LogP contribution >= 0.6 is 23.4 Å². The average Bonchev–Trinajstić information content (AvgIpc) is 2.18.